The first-order chi connectivity index (χ1) is 19.1. The Balaban J connectivity index is 1.67. The van der Waals surface area contributed by atoms with Gasteiger partial charge in [0.15, 0.2) is 0 Å². The summed E-state index contributed by atoms with van der Waals surface area (Å²) >= 11 is 0. The molecule has 3 rings (SSSR count). The van der Waals surface area contributed by atoms with Crippen molar-refractivity contribution in [1.82, 2.24) is 15.5 Å². The molecular weight excluding hydrogens is 527 g/mol. The van der Waals surface area contributed by atoms with E-state index in [9.17, 15) is 22.8 Å². The number of carbonyl (C=O) groups excluding carboxylic acids is 2. The maximum atomic E-state index is 13.6. The molecular formula is C29H38F3N3O5. The van der Waals surface area contributed by atoms with Gasteiger partial charge in [-0.05, 0) is 49.4 Å². The Kier molecular flexibility index (Phi) is 11.8. The topological polar surface area (TPSA) is 89.1 Å². The molecule has 2 amide bonds. The van der Waals surface area contributed by atoms with Crippen molar-refractivity contribution in [3.63, 3.8) is 0 Å². The fourth-order valence-corrected chi connectivity index (χ4v) is 4.65. The summed E-state index contributed by atoms with van der Waals surface area (Å²) in [4.78, 5) is 27.8. The number of hydrogen-bond acceptors (Lipinski definition) is 6. The Morgan fingerprint density at radius 1 is 1.07 bits per heavy atom. The predicted molar refractivity (Wildman–Crippen MR) is 144 cm³/mol. The van der Waals surface area contributed by atoms with Crippen LogP contribution in [0.2, 0.25) is 0 Å². The van der Waals surface area contributed by atoms with E-state index >= 15 is 0 Å². The third-order valence-electron chi connectivity index (χ3n) is 6.79. The lowest BCUT2D eigenvalue weighted by molar-refractivity contribution is -0.275. The number of amides is 2. The van der Waals surface area contributed by atoms with Crippen molar-refractivity contribution in [3.8, 4) is 5.75 Å². The molecule has 1 fully saturated rings. The Morgan fingerprint density at radius 2 is 1.80 bits per heavy atom. The number of alkyl halides is 3. The molecule has 1 saturated heterocycles. The summed E-state index contributed by atoms with van der Waals surface area (Å²) in [5.74, 6) is -0.557. The van der Waals surface area contributed by atoms with Gasteiger partial charge in [0.2, 0.25) is 5.91 Å². The number of nitrogens with zero attached hydrogens (tertiary/aromatic N) is 1. The average molecular weight is 566 g/mol. The quantitative estimate of drug-likeness (QED) is 0.339. The van der Waals surface area contributed by atoms with Crippen LogP contribution < -0.4 is 15.4 Å². The zero-order chi connectivity index (χ0) is 29.1. The summed E-state index contributed by atoms with van der Waals surface area (Å²) in [5, 5.41) is 6.37. The smallest absolute Gasteiger partial charge is 0.405 e. The molecule has 8 nitrogen and oxygen atoms in total. The number of hydrogen-bond donors (Lipinski definition) is 2. The number of halogens is 3. The summed E-state index contributed by atoms with van der Waals surface area (Å²) in [6, 6.07) is 13.2. The van der Waals surface area contributed by atoms with Crippen LogP contribution in [0.25, 0.3) is 0 Å². The van der Waals surface area contributed by atoms with Crippen LogP contribution >= 0.6 is 0 Å². The van der Waals surface area contributed by atoms with Crippen LogP contribution in [0.4, 0.5) is 13.2 Å². The molecule has 0 saturated carbocycles. The molecule has 2 aromatic carbocycles. The van der Waals surface area contributed by atoms with E-state index < -0.39 is 12.1 Å². The minimum Gasteiger partial charge on any atom is -0.405 e. The normalized spacial score (nSPS) is 17.2. The van der Waals surface area contributed by atoms with Gasteiger partial charge in [-0.15, -0.1) is 13.2 Å². The molecule has 11 heteroatoms. The Labute approximate surface area is 233 Å². The molecule has 0 spiro atoms. The summed E-state index contributed by atoms with van der Waals surface area (Å²) in [5.41, 5.74) is 1.30. The van der Waals surface area contributed by atoms with Crippen molar-refractivity contribution in [3.05, 3.63) is 65.2 Å². The van der Waals surface area contributed by atoms with Gasteiger partial charge in [-0.25, -0.2) is 0 Å². The first-order valence-electron chi connectivity index (χ1n) is 13.3. The lowest BCUT2D eigenvalue weighted by Gasteiger charge is -2.32. The van der Waals surface area contributed by atoms with E-state index in [1.165, 1.54) is 19.2 Å². The van der Waals surface area contributed by atoms with Gasteiger partial charge in [0.1, 0.15) is 5.75 Å². The Hall–Kier alpha value is -3.15. The molecule has 2 atom stereocenters. The number of rotatable bonds is 14. The third kappa shape index (κ3) is 9.79. The number of methoxy groups -OCH3 is 1. The zero-order valence-electron chi connectivity index (χ0n) is 23.1. The van der Waals surface area contributed by atoms with Gasteiger partial charge in [-0.3, -0.25) is 9.59 Å². The van der Waals surface area contributed by atoms with Gasteiger partial charge in [0.05, 0.1) is 26.2 Å². The maximum absolute atomic E-state index is 13.6. The van der Waals surface area contributed by atoms with Gasteiger partial charge >= 0.3 is 6.36 Å². The molecule has 40 heavy (non-hydrogen) atoms. The molecule has 1 heterocycles. The van der Waals surface area contributed by atoms with Crippen LogP contribution in [0, 0.1) is 11.8 Å². The summed E-state index contributed by atoms with van der Waals surface area (Å²) in [7, 11) is 1.49. The van der Waals surface area contributed by atoms with Gasteiger partial charge in [0.25, 0.3) is 5.91 Å². The van der Waals surface area contributed by atoms with Crippen LogP contribution in [-0.4, -0.2) is 75.6 Å². The van der Waals surface area contributed by atoms with E-state index in [2.05, 4.69) is 15.4 Å². The second kappa shape index (κ2) is 15.0. The van der Waals surface area contributed by atoms with Crippen LogP contribution in [-0.2, 0) is 27.3 Å². The van der Waals surface area contributed by atoms with Gasteiger partial charge in [-0.1, -0.05) is 30.3 Å². The molecule has 0 bridgehead atoms. The highest BCUT2D eigenvalue weighted by atomic mass is 19.4. The van der Waals surface area contributed by atoms with Gasteiger partial charge in [0, 0.05) is 50.5 Å². The van der Waals surface area contributed by atoms with E-state index in [0.717, 1.165) is 11.6 Å². The lowest BCUT2D eigenvalue weighted by atomic mass is 9.94. The molecule has 1 aliphatic heterocycles. The SMILES string of the molecule is COCCOCc1cc(C(=O)N(C[C@@H]2CNCC2CNC(=O)Cc2ccccc2)C(C)C)ccc1OC(F)(F)F. The molecule has 0 aliphatic carbocycles. The second-order valence-corrected chi connectivity index (χ2v) is 10.1. The summed E-state index contributed by atoms with van der Waals surface area (Å²) < 4.78 is 53.4. The zero-order valence-corrected chi connectivity index (χ0v) is 23.1. The molecule has 2 N–H and O–H groups in total. The first kappa shape index (κ1) is 31.4. The lowest BCUT2D eigenvalue weighted by Crippen LogP contribution is -2.43. The minimum atomic E-state index is -4.88. The number of ether oxygens (including phenoxy) is 3. The van der Waals surface area contributed by atoms with Crippen molar-refractivity contribution < 1.29 is 37.0 Å². The Morgan fingerprint density at radius 3 is 2.48 bits per heavy atom. The highest BCUT2D eigenvalue weighted by Gasteiger charge is 2.34. The van der Waals surface area contributed by atoms with Crippen molar-refractivity contribution in [1.29, 1.82) is 0 Å². The van der Waals surface area contributed by atoms with E-state index in [1.807, 2.05) is 44.2 Å². The largest absolute Gasteiger partial charge is 0.573 e. The highest BCUT2D eigenvalue weighted by Crippen LogP contribution is 2.29. The number of nitrogens with one attached hydrogen (secondary N) is 2. The van der Waals surface area contributed by atoms with Crippen LogP contribution in [0.3, 0.4) is 0 Å². The molecule has 1 unspecified atom stereocenters. The molecule has 0 radical (unpaired) electrons. The van der Waals surface area contributed by atoms with E-state index in [1.54, 1.807) is 4.90 Å². The van der Waals surface area contributed by atoms with E-state index in [0.29, 0.717) is 32.6 Å². The van der Waals surface area contributed by atoms with Gasteiger partial charge in [-0.2, -0.15) is 0 Å². The van der Waals surface area contributed by atoms with Crippen molar-refractivity contribution in [2.24, 2.45) is 11.8 Å². The highest BCUT2D eigenvalue weighted by molar-refractivity contribution is 5.94. The molecule has 220 valence electrons. The van der Waals surface area contributed by atoms with Crippen LogP contribution in [0.1, 0.15) is 35.3 Å². The van der Waals surface area contributed by atoms with Crippen molar-refractivity contribution in [2.75, 3.05) is 46.5 Å². The summed E-state index contributed by atoms with van der Waals surface area (Å²) in [6.07, 6.45) is -4.58. The monoisotopic (exact) mass is 565 g/mol. The standard InChI is InChI=1S/C29H38F3N3O5/c1-20(2)35(18-25-16-33-15-24(25)17-34-27(36)13-21-7-5-4-6-8-21)28(37)22-9-10-26(40-29(30,31)32)23(14-22)19-39-12-11-38-3/h4-10,14,20,24-25,33H,11-13,15-19H2,1-3H3,(H,34,36)/t24?,25-/m0/s1. The first-order valence-corrected chi connectivity index (χ1v) is 13.3. The van der Waals surface area contributed by atoms with Crippen LogP contribution in [0.5, 0.6) is 5.75 Å². The van der Waals surface area contributed by atoms with Crippen molar-refractivity contribution >= 4 is 11.8 Å². The summed E-state index contributed by atoms with van der Waals surface area (Å²) in [6.45, 7) is 6.39. The predicted octanol–water partition coefficient (Wildman–Crippen LogP) is 3.79. The third-order valence-corrected chi connectivity index (χ3v) is 6.79. The van der Waals surface area contributed by atoms with Crippen molar-refractivity contribution in [2.45, 2.75) is 39.3 Å². The number of benzene rings is 2. The van der Waals surface area contributed by atoms with Gasteiger partial charge < -0.3 is 29.7 Å². The second-order valence-electron chi connectivity index (χ2n) is 10.1. The fraction of sp³-hybridized carbons (Fsp3) is 0.517. The average Bonchev–Trinajstić information content (AvgIpc) is 3.35. The van der Waals surface area contributed by atoms with Crippen LogP contribution in [0.15, 0.2) is 48.5 Å². The van der Waals surface area contributed by atoms with E-state index in [-0.39, 0.29) is 60.6 Å². The maximum Gasteiger partial charge on any atom is 0.573 e. The molecule has 0 aromatic heterocycles. The fourth-order valence-electron chi connectivity index (χ4n) is 4.65. The molecule has 1 aliphatic rings. The minimum absolute atomic E-state index is 0.0601. The number of carbonyl (C=O) groups is 2. The Bertz CT molecular complexity index is 1100. The van der Waals surface area contributed by atoms with E-state index in [4.69, 9.17) is 9.47 Å². The molecule has 2 aromatic rings.